The maximum Gasteiger partial charge on any atom is 0.416 e. The van der Waals surface area contributed by atoms with Crippen LogP contribution in [0.15, 0.2) is 42.5 Å². The Balaban J connectivity index is 1.78. The Hall–Kier alpha value is -2.81. The minimum Gasteiger partial charge on any atom is -0.352 e. The summed E-state index contributed by atoms with van der Waals surface area (Å²) in [7, 11) is 0. The van der Waals surface area contributed by atoms with E-state index in [-0.39, 0.29) is 24.2 Å². The van der Waals surface area contributed by atoms with Crippen LogP contribution < -0.4 is 10.6 Å². The van der Waals surface area contributed by atoms with E-state index in [2.05, 4.69) is 10.6 Å². The van der Waals surface area contributed by atoms with Crippen LogP contribution in [0.5, 0.6) is 0 Å². The predicted octanol–water partition coefficient (Wildman–Crippen LogP) is 4.37. The van der Waals surface area contributed by atoms with Crippen molar-refractivity contribution in [3.05, 3.63) is 70.3 Å². The summed E-state index contributed by atoms with van der Waals surface area (Å²) in [5.41, 5.74) is -0.709. The van der Waals surface area contributed by atoms with E-state index < -0.39 is 29.6 Å². The van der Waals surface area contributed by atoms with Crippen LogP contribution in [0.2, 0.25) is 0 Å². The molecule has 0 spiro atoms. The van der Waals surface area contributed by atoms with Crippen LogP contribution in [0.4, 0.5) is 22.0 Å². The summed E-state index contributed by atoms with van der Waals surface area (Å²) >= 11 is 0. The minimum atomic E-state index is -4.40. The van der Waals surface area contributed by atoms with Gasteiger partial charge in [-0.3, -0.25) is 9.59 Å². The smallest absolute Gasteiger partial charge is 0.352 e. The summed E-state index contributed by atoms with van der Waals surface area (Å²) in [6, 6.07) is 8.24. The molecule has 0 aliphatic rings. The second-order valence-corrected chi connectivity index (χ2v) is 6.29. The second kappa shape index (κ2) is 10.1. The number of halogens is 5. The lowest BCUT2D eigenvalue weighted by Crippen LogP contribution is -2.27. The number of benzene rings is 2. The molecule has 2 aromatic carbocycles. The highest BCUT2D eigenvalue weighted by Crippen LogP contribution is 2.29. The van der Waals surface area contributed by atoms with Gasteiger partial charge in [0.15, 0.2) is 0 Å². The van der Waals surface area contributed by atoms with Crippen LogP contribution >= 0.6 is 0 Å². The van der Waals surface area contributed by atoms with Crippen molar-refractivity contribution in [3.63, 3.8) is 0 Å². The molecule has 29 heavy (non-hydrogen) atoms. The molecule has 2 aromatic rings. The molecule has 0 heterocycles. The first-order valence-electron chi connectivity index (χ1n) is 8.74. The Kier molecular flexibility index (Phi) is 7.83. The van der Waals surface area contributed by atoms with Crippen LogP contribution in [-0.4, -0.2) is 25.3 Å². The van der Waals surface area contributed by atoms with Gasteiger partial charge in [-0.25, -0.2) is 8.78 Å². The average Bonchev–Trinajstić information content (AvgIpc) is 2.69. The molecule has 0 unspecified atom stereocenters. The molecule has 0 aliphatic carbocycles. The summed E-state index contributed by atoms with van der Waals surface area (Å²) < 4.78 is 63.7. The van der Waals surface area contributed by atoms with Gasteiger partial charge in [0.25, 0.3) is 12.3 Å². The molecule has 2 N–H and O–H groups in total. The standard InChI is InChI=1S/C20H19F5N2O2/c21-18(22)15-7-14(12-28)8-16(10-15)19(29)27-6-2-5-26-11-13-3-1-4-17(9-13)20(23,24)25/h1,3-4,7-10,12,18,26H,2,5-6,11H2,(H,27,29). The maximum absolute atomic E-state index is 12.8. The number of hydrogen-bond acceptors (Lipinski definition) is 3. The zero-order chi connectivity index (χ0) is 21.4. The highest BCUT2D eigenvalue weighted by atomic mass is 19.4. The van der Waals surface area contributed by atoms with Crippen LogP contribution in [0.25, 0.3) is 0 Å². The summed E-state index contributed by atoms with van der Waals surface area (Å²) in [6.07, 6.45) is -6.34. The third kappa shape index (κ3) is 6.94. The molecule has 0 saturated heterocycles. The lowest BCUT2D eigenvalue weighted by atomic mass is 10.1. The first-order chi connectivity index (χ1) is 13.7. The molecule has 0 aliphatic heterocycles. The van der Waals surface area contributed by atoms with E-state index in [4.69, 9.17) is 0 Å². The highest BCUT2D eigenvalue weighted by molar-refractivity contribution is 5.96. The Morgan fingerprint density at radius 1 is 1.07 bits per heavy atom. The molecule has 9 heteroatoms. The van der Waals surface area contributed by atoms with Gasteiger partial charge >= 0.3 is 6.18 Å². The van der Waals surface area contributed by atoms with Crippen LogP contribution in [-0.2, 0) is 12.7 Å². The number of nitrogens with one attached hydrogen (secondary N) is 2. The number of aldehydes is 1. The Labute approximate surface area is 164 Å². The van der Waals surface area contributed by atoms with E-state index in [0.717, 1.165) is 24.3 Å². The van der Waals surface area contributed by atoms with Gasteiger partial charge in [0.05, 0.1) is 5.56 Å². The van der Waals surface area contributed by atoms with Crippen LogP contribution in [0, 0.1) is 0 Å². The van der Waals surface area contributed by atoms with Gasteiger partial charge in [-0.1, -0.05) is 18.2 Å². The maximum atomic E-state index is 12.8. The van der Waals surface area contributed by atoms with E-state index in [0.29, 0.717) is 24.8 Å². The van der Waals surface area contributed by atoms with E-state index in [1.54, 1.807) is 6.07 Å². The Morgan fingerprint density at radius 3 is 2.48 bits per heavy atom. The van der Waals surface area contributed by atoms with Crippen molar-refractivity contribution in [2.75, 3.05) is 13.1 Å². The first-order valence-corrected chi connectivity index (χ1v) is 8.74. The molecule has 0 radical (unpaired) electrons. The zero-order valence-electron chi connectivity index (χ0n) is 15.2. The molecule has 0 bridgehead atoms. The summed E-state index contributed by atoms with van der Waals surface area (Å²) in [5.74, 6) is -0.589. The highest BCUT2D eigenvalue weighted by Gasteiger charge is 2.30. The van der Waals surface area contributed by atoms with E-state index in [1.165, 1.54) is 12.1 Å². The third-order valence-corrected chi connectivity index (χ3v) is 4.03. The van der Waals surface area contributed by atoms with Gasteiger partial charge < -0.3 is 10.6 Å². The molecule has 0 fully saturated rings. The quantitative estimate of drug-likeness (QED) is 0.364. The fraction of sp³-hybridized carbons (Fsp3) is 0.300. The lowest BCUT2D eigenvalue weighted by Gasteiger charge is -2.10. The average molecular weight is 414 g/mol. The molecular weight excluding hydrogens is 395 g/mol. The molecule has 4 nitrogen and oxygen atoms in total. The van der Waals surface area contributed by atoms with Crippen molar-refractivity contribution in [2.45, 2.75) is 25.6 Å². The van der Waals surface area contributed by atoms with E-state index in [1.807, 2.05) is 0 Å². The van der Waals surface area contributed by atoms with Gasteiger partial charge in [0.1, 0.15) is 6.29 Å². The van der Waals surface area contributed by atoms with Gasteiger partial charge in [-0.15, -0.1) is 0 Å². The molecule has 0 saturated carbocycles. The monoisotopic (exact) mass is 414 g/mol. The van der Waals surface area contributed by atoms with Crippen LogP contribution in [0.3, 0.4) is 0 Å². The van der Waals surface area contributed by atoms with Gasteiger partial charge in [-0.2, -0.15) is 13.2 Å². The molecule has 2 rings (SSSR count). The van der Waals surface area contributed by atoms with Crippen molar-refractivity contribution in [1.29, 1.82) is 0 Å². The van der Waals surface area contributed by atoms with Crippen molar-refractivity contribution in [3.8, 4) is 0 Å². The summed E-state index contributed by atoms with van der Waals surface area (Å²) in [5, 5.41) is 5.53. The number of carbonyl (C=O) groups excluding carboxylic acids is 2. The number of alkyl halides is 5. The number of amides is 1. The normalized spacial score (nSPS) is 11.5. The van der Waals surface area contributed by atoms with Gasteiger partial charge in [0, 0.05) is 29.8 Å². The number of carbonyl (C=O) groups is 2. The fourth-order valence-electron chi connectivity index (χ4n) is 2.61. The minimum absolute atomic E-state index is 0.0179. The second-order valence-electron chi connectivity index (χ2n) is 6.29. The molecule has 0 aromatic heterocycles. The van der Waals surface area contributed by atoms with Crippen LogP contribution in [0.1, 0.15) is 50.3 Å². The largest absolute Gasteiger partial charge is 0.416 e. The van der Waals surface area contributed by atoms with Gasteiger partial charge in [0.2, 0.25) is 0 Å². The van der Waals surface area contributed by atoms with Crippen molar-refractivity contribution in [1.82, 2.24) is 10.6 Å². The number of hydrogen-bond donors (Lipinski definition) is 2. The lowest BCUT2D eigenvalue weighted by molar-refractivity contribution is -0.137. The Bertz CT molecular complexity index is 853. The molecule has 1 amide bonds. The molecule has 156 valence electrons. The fourth-order valence-corrected chi connectivity index (χ4v) is 2.61. The van der Waals surface area contributed by atoms with Gasteiger partial charge in [-0.05, 0) is 42.8 Å². The van der Waals surface area contributed by atoms with E-state index in [9.17, 15) is 31.5 Å². The Morgan fingerprint density at radius 2 is 1.83 bits per heavy atom. The SMILES string of the molecule is O=Cc1cc(C(=O)NCCCNCc2cccc(C(F)(F)F)c2)cc(C(F)F)c1. The van der Waals surface area contributed by atoms with Crippen molar-refractivity contribution >= 4 is 12.2 Å². The predicted molar refractivity (Wildman–Crippen MR) is 96.9 cm³/mol. The number of rotatable bonds is 9. The third-order valence-electron chi connectivity index (χ3n) is 4.03. The van der Waals surface area contributed by atoms with Crippen molar-refractivity contribution in [2.24, 2.45) is 0 Å². The zero-order valence-corrected chi connectivity index (χ0v) is 15.2. The van der Waals surface area contributed by atoms with Crippen molar-refractivity contribution < 1.29 is 31.5 Å². The van der Waals surface area contributed by atoms with E-state index >= 15 is 0 Å². The molecular formula is C20H19F5N2O2. The first kappa shape index (κ1) is 22.5. The molecule has 0 atom stereocenters. The summed E-state index contributed by atoms with van der Waals surface area (Å²) in [4.78, 5) is 22.9. The summed E-state index contributed by atoms with van der Waals surface area (Å²) in [6.45, 7) is 0.883. The topological polar surface area (TPSA) is 58.2 Å².